The van der Waals surface area contributed by atoms with Gasteiger partial charge in [0.25, 0.3) is 0 Å². The van der Waals surface area contributed by atoms with Crippen molar-refractivity contribution in [1.29, 1.82) is 0 Å². The molecule has 0 aliphatic carbocycles. The quantitative estimate of drug-likeness (QED) is 0.756. The van der Waals surface area contributed by atoms with Gasteiger partial charge in [0.15, 0.2) is 0 Å². The zero-order valence-corrected chi connectivity index (χ0v) is 11.7. The number of aromatic hydroxyl groups is 1. The van der Waals surface area contributed by atoms with Crippen molar-refractivity contribution in [2.24, 2.45) is 0 Å². The molecule has 0 spiro atoms. The van der Waals surface area contributed by atoms with Gasteiger partial charge in [-0.1, -0.05) is 49.4 Å². The van der Waals surface area contributed by atoms with Crippen LogP contribution in [-0.4, -0.2) is 10.2 Å². The molecule has 0 fully saturated rings. The van der Waals surface area contributed by atoms with Gasteiger partial charge >= 0.3 is 0 Å². The van der Waals surface area contributed by atoms with Crippen molar-refractivity contribution in [3.63, 3.8) is 0 Å². The molecule has 0 aliphatic heterocycles. The molecular formula is C17H21NO2. The highest BCUT2D eigenvalue weighted by Gasteiger charge is 2.12. The van der Waals surface area contributed by atoms with Crippen molar-refractivity contribution >= 4 is 0 Å². The smallest absolute Gasteiger partial charge is 0.120 e. The molecule has 1 unspecified atom stereocenters. The maximum Gasteiger partial charge on any atom is 0.120 e. The summed E-state index contributed by atoms with van der Waals surface area (Å²) in [6.07, 6.45) is 0.909. The maximum atomic E-state index is 9.91. The first kappa shape index (κ1) is 14.6. The number of hydrogen-bond acceptors (Lipinski definition) is 3. The summed E-state index contributed by atoms with van der Waals surface area (Å²) in [6.45, 7) is 2.90. The molecule has 0 aliphatic rings. The van der Waals surface area contributed by atoms with E-state index in [2.05, 4.69) is 12.2 Å². The van der Waals surface area contributed by atoms with Crippen molar-refractivity contribution < 1.29 is 10.2 Å². The summed E-state index contributed by atoms with van der Waals surface area (Å²) in [5.74, 6) is 0.336. The molecule has 0 saturated heterocycles. The highest BCUT2D eigenvalue weighted by Crippen LogP contribution is 2.26. The first-order valence-corrected chi connectivity index (χ1v) is 6.94. The van der Waals surface area contributed by atoms with Crippen LogP contribution in [0.5, 0.6) is 5.75 Å². The minimum atomic E-state index is 0.0726. The van der Waals surface area contributed by atoms with E-state index in [4.69, 9.17) is 5.11 Å². The van der Waals surface area contributed by atoms with Crippen LogP contribution in [0.15, 0.2) is 48.5 Å². The molecule has 0 heterocycles. The van der Waals surface area contributed by atoms with E-state index in [1.54, 1.807) is 6.07 Å². The lowest BCUT2D eigenvalue weighted by molar-refractivity contribution is 0.282. The van der Waals surface area contributed by atoms with E-state index in [0.29, 0.717) is 5.75 Å². The Labute approximate surface area is 119 Å². The summed E-state index contributed by atoms with van der Waals surface area (Å²) in [4.78, 5) is 0. The summed E-state index contributed by atoms with van der Waals surface area (Å²) in [5, 5.41) is 22.4. The molecule has 3 heteroatoms. The monoisotopic (exact) mass is 271 g/mol. The van der Waals surface area contributed by atoms with Gasteiger partial charge in [-0.05, 0) is 23.6 Å². The summed E-state index contributed by atoms with van der Waals surface area (Å²) >= 11 is 0. The van der Waals surface area contributed by atoms with Crippen LogP contribution >= 0.6 is 0 Å². The predicted molar refractivity (Wildman–Crippen MR) is 80.3 cm³/mol. The Balaban J connectivity index is 2.02. The lowest BCUT2D eigenvalue weighted by Gasteiger charge is -2.18. The Morgan fingerprint density at radius 1 is 1.00 bits per heavy atom. The highest BCUT2D eigenvalue weighted by atomic mass is 16.3. The van der Waals surface area contributed by atoms with Crippen LogP contribution in [0.4, 0.5) is 0 Å². The van der Waals surface area contributed by atoms with E-state index in [1.165, 1.54) is 0 Å². The second-order valence-corrected chi connectivity index (χ2v) is 4.88. The molecule has 0 bridgehead atoms. The molecule has 20 heavy (non-hydrogen) atoms. The number of phenolic OH excluding ortho intramolecular Hbond substituents is 1. The van der Waals surface area contributed by atoms with Crippen LogP contribution < -0.4 is 5.32 Å². The topological polar surface area (TPSA) is 52.5 Å². The molecule has 3 N–H and O–H groups in total. The van der Waals surface area contributed by atoms with Crippen molar-refractivity contribution in [2.45, 2.75) is 32.5 Å². The van der Waals surface area contributed by atoms with Crippen LogP contribution in [-0.2, 0) is 13.2 Å². The third kappa shape index (κ3) is 3.59. The molecule has 0 amide bonds. The fourth-order valence-electron chi connectivity index (χ4n) is 2.26. The van der Waals surface area contributed by atoms with Crippen molar-refractivity contribution in [3.05, 3.63) is 65.2 Å². The van der Waals surface area contributed by atoms with Crippen LogP contribution in [0.2, 0.25) is 0 Å². The molecular weight excluding hydrogens is 250 g/mol. The molecule has 0 aromatic heterocycles. The number of aliphatic hydroxyl groups excluding tert-OH is 1. The fraction of sp³-hybridized carbons (Fsp3) is 0.294. The molecule has 0 saturated carbocycles. The average molecular weight is 271 g/mol. The van der Waals surface area contributed by atoms with E-state index in [1.807, 2.05) is 42.5 Å². The number of benzene rings is 2. The van der Waals surface area contributed by atoms with Crippen LogP contribution in [0, 0.1) is 0 Å². The zero-order valence-electron chi connectivity index (χ0n) is 11.7. The largest absolute Gasteiger partial charge is 0.508 e. The summed E-state index contributed by atoms with van der Waals surface area (Å²) in [6, 6.07) is 15.5. The maximum absolute atomic E-state index is 9.91. The molecule has 2 rings (SSSR count). The number of rotatable bonds is 6. The number of phenols is 1. The normalized spacial score (nSPS) is 12.3. The average Bonchev–Trinajstić information content (AvgIpc) is 2.50. The summed E-state index contributed by atoms with van der Waals surface area (Å²) in [5.41, 5.74) is 3.01. The molecule has 106 valence electrons. The lowest BCUT2D eigenvalue weighted by Crippen LogP contribution is -2.20. The summed E-state index contributed by atoms with van der Waals surface area (Å²) < 4.78 is 0. The fourth-order valence-corrected chi connectivity index (χ4v) is 2.26. The third-order valence-electron chi connectivity index (χ3n) is 3.48. The van der Waals surface area contributed by atoms with Crippen molar-refractivity contribution in [2.75, 3.05) is 0 Å². The Hall–Kier alpha value is -1.84. The standard InChI is InChI=1S/C17H21NO2/c1-2-16(15-5-3-4-6-17(15)20)18-11-13-7-9-14(12-19)10-8-13/h3-10,16,18-20H,2,11-12H2,1H3. The van der Waals surface area contributed by atoms with Crippen LogP contribution in [0.25, 0.3) is 0 Å². The first-order valence-electron chi connectivity index (χ1n) is 6.94. The Morgan fingerprint density at radius 2 is 1.65 bits per heavy atom. The minimum Gasteiger partial charge on any atom is -0.508 e. The van der Waals surface area contributed by atoms with Gasteiger partial charge in [0.1, 0.15) is 5.75 Å². The third-order valence-corrected chi connectivity index (χ3v) is 3.48. The molecule has 1 atom stereocenters. The van der Waals surface area contributed by atoms with E-state index in [9.17, 15) is 5.11 Å². The van der Waals surface area contributed by atoms with Gasteiger partial charge in [-0.3, -0.25) is 0 Å². The highest BCUT2D eigenvalue weighted by molar-refractivity contribution is 5.34. The Morgan fingerprint density at radius 3 is 2.25 bits per heavy atom. The predicted octanol–water partition coefficient (Wildman–Crippen LogP) is 3.13. The molecule has 2 aromatic rings. The summed E-state index contributed by atoms with van der Waals surface area (Å²) in [7, 11) is 0. The zero-order chi connectivity index (χ0) is 14.4. The van der Waals surface area contributed by atoms with Gasteiger partial charge in [-0.25, -0.2) is 0 Å². The van der Waals surface area contributed by atoms with Gasteiger partial charge in [0.05, 0.1) is 6.61 Å². The number of nitrogens with one attached hydrogen (secondary N) is 1. The number of para-hydroxylation sites is 1. The van der Waals surface area contributed by atoms with Crippen molar-refractivity contribution in [1.82, 2.24) is 5.32 Å². The number of aliphatic hydroxyl groups is 1. The van der Waals surface area contributed by atoms with Crippen molar-refractivity contribution in [3.8, 4) is 5.75 Å². The van der Waals surface area contributed by atoms with E-state index >= 15 is 0 Å². The van der Waals surface area contributed by atoms with Gasteiger partial charge in [-0.2, -0.15) is 0 Å². The van der Waals surface area contributed by atoms with E-state index in [0.717, 1.165) is 29.7 Å². The second-order valence-electron chi connectivity index (χ2n) is 4.88. The molecule has 0 radical (unpaired) electrons. The lowest BCUT2D eigenvalue weighted by atomic mass is 10.0. The molecule has 2 aromatic carbocycles. The first-order chi connectivity index (χ1) is 9.74. The molecule has 3 nitrogen and oxygen atoms in total. The Kier molecular flexibility index (Phi) is 5.16. The van der Waals surface area contributed by atoms with Crippen LogP contribution in [0.1, 0.15) is 36.1 Å². The van der Waals surface area contributed by atoms with E-state index in [-0.39, 0.29) is 12.6 Å². The SMILES string of the molecule is CCC(NCc1ccc(CO)cc1)c1ccccc1O. The van der Waals surface area contributed by atoms with Gasteiger partial charge < -0.3 is 15.5 Å². The van der Waals surface area contributed by atoms with Crippen LogP contribution in [0.3, 0.4) is 0 Å². The van der Waals surface area contributed by atoms with Gasteiger partial charge in [-0.15, -0.1) is 0 Å². The van der Waals surface area contributed by atoms with E-state index < -0.39 is 0 Å². The Bertz CT molecular complexity index is 537. The van der Waals surface area contributed by atoms with Gasteiger partial charge in [0, 0.05) is 18.2 Å². The number of hydrogen-bond donors (Lipinski definition) is 3. The van der Waals surface area contributed by atoms with Gasteiger partial charge in [0.2, 0.25) is 0 Å². The second kappa shape index (κ2) is 7.08. The minimum absolute atomic E-state index is 0.0726.